The van der Waals surface area contributed by atoms with Crippen molar-refractivity contribution in [3.05, 3.63) is 58.4 Å². The maximum Gasteiger partial charge on any atom is 0.333 e. The van der Waals surface area contributed by atoms with Crippen LogP contribution in [0.5, 0.6) is 17.5 Å². The molecule has 4 rings (SSSR count). The third-order valence-corrected chi connectivity index (χ3v) is 4.36. The van der Waals surface area contributed by atoms with Crippen molar-refractivity contribution in [2.45, 2.75) is 26.7 Å². The lowest BCUT2D eigenvalue weighted by Gasteiger charge is -2.08. The standard InChI is InChI=1S/C19H18N4O4/c1-3-12-17-14(6-5-7-15(17)27-22-12)26-16-9-8-11(10-20-16)23-18(24)13(4-2)21-19(23)25/h5-10,24H,3-4H2,1-2H3,(H,21,25). The third kappa shape index (κ3) is 2.84. The number of H-pyrrole nitrogens is 1. The summed E-state index contributed by atoms with van der Waals surface area (Å²) in [5, 5.41) is 15.0. The van der Waals surface area contributed by atoms with Crippen LogP contribution < -0.4 is 10.4 Å². The van der Waals surface area contributed by atoms with Gasteiger partial charge in [-0.1, -0.05) is 25.1 Å². The number of aromatic nitrogens is 4. The van der Waals surface area contributed by atoms with E-state index in [0.717, 1.165) is 17.5 Å². The number of imidazole rings is 1. The molecule has 0 bridgehead atoms. The van der Waals surface area contributed by atoms with E-state index in [0.29, 0.717) is 35.0 Å². The topological polar surface area (TPSA) is 106 Å². The van der Waals surface area contributed by atoms with Crippen LogP contribution in [-0.4, -0.2) is 24.8 Å². The highest BCUT2D eigenvalue weighted by atomic mass is 16.5. The summed E-state index contributed by atoms with van der Waals surface area (Å²) in [5.74, 6) is 0.842. The molecule has 0 aliphatic heterocycles. The molecule has 8 heteroatoms. The summed E-state index contributed by atoms with van der Waals surface area (Å²) < 4.78 is 12.4. The van der Waals surface area contributed by atoms with E-state index in [2.05, 4.69) is 15.1 Å². The molecule has 0 radical (unpaired) electrons. The van der Waals surface area contributed by atoms with Crippen LogP contribution in [0.3, 0.4) is 0 Å². The minimum absolute atomic E-state index is 0.111. The number of hydrogen-bond acceptors (Lipinski definition) is 6. The van der Waals surface area contributed by atoms with Gasteiger partial charge in [-0.05, 0) is 31.0 Å². The van der Waals surface area contributed by atoms with Crippen molar-refractivity contribution < 1.29 is 14.4 Å². The zero-order valence-electron chi connectivity index (χ0n) is 14.9. The van der Waals surface area contributed by atoms with Gasteiger partial charge in [-0.25, -0.2) is 14.3 Å². The quantitative estimate of drug-likeness (QED) is 0.561. The molecule has 0 unspecified atom stereocenters. The zero-order valence-corrected chi connectivity index (χ0v) is 14.9. The summed E-state index contributed by atoms with van der Waals surface area (Å²) in [5.41, 5.74) is 1.97. The molecular weight excluding hydrogens is 348 g/mol. The zero-order chi connectivity index (χ0) is 19.0. The average molecular weight is 366 g/mol. The van der Waals surface area contributed by atoms with Gasteiger partial charge in [-0.3, -0.25) is 0 Å². The predicted octanol–water partition coefficient (Wildman–Crippen LogP) is 3.32. The van der Waals surface area contributed by atoms with Crippen LogP contribution in [0.1, 0.15) is 25.2 Å². The Morgan fingerprint density at radius 1 is 1.22 bits per heavy atom. The van der Waals surface area contributed by atoms with Crippen LogP contribution in [-0.2, 0) is 12.8 Å². The fourth-order valence-electron chi connectivity index (χ4n) is 2.98. The van der Waals surface area contributed by atoms with Gasteiger partial charge in [0.05, 0.1) is 28.7 Å². The Bertz CT molecular complexity index is 1150. The van der Waals surface area contributed by atoms with Crippen molar-refractivity contribution in [2.24, 2.45) is 0 Å². The van der Waals surface area contributed by atoms with Gasteiger partial charge in [0.1, 0.15) is 5.75 Å². The Morgan fingerprint density at radius 2 is 2.07 bits per heavy atom. The Morgan fingerprint density at radius 3 is 2.74 bits per heavy atom. The summed E-state index contributed by atoms with van der Waals surface area (Å²) in [4.78, 5) is 18.9. The Kier molecular flexibility index (Phi) is 4.15. The van der Waals surface area contributed by atoms with Gasteiger partial charge in [0.2, 0.25) is 11.8 Å². The number of aromatic amines is 1. The van der Waals surface area contributed by atoms with E-state index >= 15 is 0 Å². The van der Waals surface area contributed by atoms with Gasteiger partial charge in [-0.2, -0.15) is 0 Å². The van der Waals surface area contributed by atoms with E-state index in [-0.39, 0.29) is 5.88 Å². The fraction of sp³-hybridized carbons (Fsp3) is 0.211. The molecule has 0 fully saturated rings. The van der Waals surface area contributed by atoms with E-state index in [1.807, 2.05) is 32.0 Å². The first-order valence-corrected chi connectivity index (χ1v) is 8.66. The number of pyridine rings is 1. The minimum Gasteiger partial charge on any atom is -0.493 e. The summed E-state index contributed by atoms with van der Waals surface area (Å²) in [6.07, 6.45) is 2.71. The smallest absolute Gasteiger partial charge is 0.333 e. The lowest BCUT2D eigenvalue weighted by molar-refractivity contribution is 0.434. The highest BCUT2D eigenvalue weighted by Gasteiger charge is 2.15. The molecule has 0 atom stereocenters. The molecule has 0 aliphatic carbocycles. The maximum absolute atomic E-state index is 12.1. The molecule has 0 aliphatic rings. The van der Waals surface area contributed by atoms with Gasteiger partial charge in [0, 0.05) is 6.07 Å². The van der Waals surface area contributed by atoms with E-state index in [1.165, 1.54) is 10.8 Å². The van der Waals surface area contributed by atoms with Crippen LogP contribution >= 0.6 is 0 Å². The number of rotatable bonds is 5. The second-order valence-electron chi connectivity index (χ2n) is 5.99. The number of aryl methyl sites for hydroxylation is 2. The van der Waals surface area contributed by atoms with Crippen molar-refractivity contribution >= 4 is 11.0 Å². The van der Waals surface area contributed by atoms with E-state index in [1.54, 1.807) is 12.1 Å². The molecule has 0 spiro atoms. The van der Waals surface area contributed by atoms with Crippen molar-refractivity contribution in [1.82, 2.24) is 19.7 Å². The number of fused-ring (bicyclic) bond motifs is 1. The summed E-state index contributed by atoms with van der Waals surface area (Å²) in [7, 11) is 0. The Labute approximate surface area is 154 Å². The summed E-state index contributed by atoms with van der Waals surface area (Å²) in [6.45, 7) is 3.84. The van der Waals surface area contributed by atoms with Crippen LogP contribution in [0, 0.1) is 0 Å². The number of aromatic hydroxyl groups is 1. The SMILES string of the molecule is CCc1[nH]c(=O)n(-c2ccc(Oc3cccc4onc(CC)c34)nc2)c1O. The van der Waals surface area contributed by atoms with Crippen molar-refractivity contribution in [3.8, 4) is 23.2 Å². The van der Waals surface area contributed by atoms with Gasteiger partial charge < -0.3 is 19.4 Å². The van der Waals surface area contributed by atoms with E-state index < -0.39 is 5.69 Å². The highest BCUT2D eigenvalue weighted by Crippen LogP contribution is 2.32. The molecule has 1 aromatic carbocycles. The van der Waals surface area contributed by atoms with E-state index in [9.17, 15) is 9.90 Å². The molecule has 3 aromatic heterocycles. The molecule has 138 valence electrons. The first-order chi connectivity index (χ1) is 13.1. The molecule has 0 saturated heterocycles. The Hall–Kier alpha value is -3.55. The lowest BCUT2D eigenvalue weighted by Crippen LogP contribution is -2.14. The molecular formula is C19H18N4O4. The molecule has 0 amide bonds. The second kappa shape index (κ2) is 6.64. The van der Waals surface area contributed by atoms with Crippen LogP contribution in [0.4, 0.5) is 0 Å². The first kappa shape index (κ1) is 16.9. The summed E-state index contributed by atoms with van der Waals surface area (Å²) >= 11 is 0. The van der Waals surface area contributed by atoms with Gasteiger partial charge in [0.15, 0.2) is 5.58 Å². The Balaban J connectivity index is 1.67. The van der Waals surface area contributed by atoms with Gasteiger partial charge >= 0.3 is 5.69 Å². The highest BCUT2D eigenvalue weighted by molar-refractivity contribution is 5.86. The molecule has 8 nitrogen and oxygen atoms in total. The maximum atomic E-state index is 12.1. The monoisotopic (exact) mass is 366 g/mol. The number of nitrogens with zero attached hydrogens (tertiary/aromatic N) is 3. The fourth-order valence-corrected chi connectivity index (χ4v) is 2.98. The molecule has 3 heterocycles. The molecule has 0 saturated carbocycles. The minimum atomic E-state index is -0.415. The summed E-state index contributed by atoms with van der Waals surface area (Å²) in [6, 6.07) is 8.77. The number of nitrogens with one attached hydrogen (secondary N) is 1. The average Bonchev–Trinajstić information content (AvgIpc) is 3.23. The van der Waals surface area contributed by atoms with Gasteiger partial charge in [0.25, 0.3) is 0 Å². The van der Waals surface area contributed by atoms with Gasteiger partial charge in [-0.15, -0.1) is 0 Å². The van der Waals surface area contributed by atoms with Crippen LogP contribution in [0.2, 0.25) is 0 Å². The van der Waals surface area contributed by atoms with Crippen molar-refractivity contribution in [1.29, 1.82) is 0 Å². The predicted molar refractivity (Wildman–Crippen MR) is 98.7 cm³/mol. The number of ether oxygens (including phenoxy) is 1. The molecule has 27 heavy (non-hydrogen) atoms. The molecule has 2 N–H and O–H groups in total. The molecule has 4 aromatic rings. The first-order valence-electron chi connectivity index (χ1n) is 8.66. The number of benzene rings is 1. The van der Waals surface area contributed by atoms with Crippen molar-refractivity contribution in [2.75, 3.05) is 0 Å². The van der Waals surface area contributed by atoms with E-state index in [4.69, 9.17) is 9.26 Å². The van der Waals surface area contributed by atoms with Crippen LogP contribution in [0.25, 0.3) is 16.7 Å². The normalized spacial score (nSPS) is 11.2. The largest absolute Gasteiger partial charge is 0.493 e. The van der Waals surface area contributed by atoms with Crippen LogP contribution in [0.15, 0.2) is 45.8 Å². The van der Waals surface area contributed by atoms with Crippen molar-refractivity contribution in [3.63, 3.8) is 0 Å². The second-order valence-corrected chi connectivity index (χ2v) is 5.99. The third-order valence-electron chi connectivity index (χ3n) is 4.36. The number of hydrogen-bond donors (Lipinski definition) is 2. The lowest BCUT2D eigenvalue weighted by atomic mass is 10.1.